The number of para-hydroxylation sites is 1. The van der Waals surface area contributed by atoms with Crippen LogP contribution in [0.15, 0.2) is 28.7 Å². The molecule has 0 bridgehead atoms. The maximum atomic E-state index is 12.8. The summed E-state index contributed by atoms with van der Waals surface area (Å²) in [6, 6.07) is 6.99. The van der Waals surface area contributed by atoms with Gasteiger partial charge in [0.25, 0.3) is 0 Å². The second kappa shape index (κ2) is 6.57. The van der Waals surface area contributed by atoms with Crippen molar-refractivity contribution in [2.45, 2.75) is 32.0 Å². The number of nitrogens with zero attached hydrogens (tertiary/aromatic N) is 2. The first-order valence-corrected chi connectivity index (χ1v) is 8.51. The van der Waals surface area contributed by atoms with Crippen LogP contribution in [0.2, 0.25) is 0 Å². The fourth-order valence-corrected chi connectivity index (χ4v) is 3.85. The lowest BCUT2D eigenvalue weighted by Crippen LogP contribution is -2.42. The van der Waals surface area contributed by atoms with Crippen LogP contribution >= 0.6 is 15.9 Å². The quantitative estimate of drug-likeness (QED) is 0.863. The number of aliphatic carboxylic acids is 1. The van der Waals surface area contributed by atoms with Gasteiger partial charge in [0.15, 0.2) is 0 Å². The topological polar surface area (TPSA) is 71.8 Å². The van der Waals surface area contributed by atoms with E-state index in [4.69, 9.17) is 4.74 Å². The molecule has 1 saturated heterocycles. The number of benzene rings is 1. The largest absolute Gasteiger partial charge is 0.480 e. The number of carboxylic acid groups (broad SMARTS) is 1. The van der Waals surface area contributed by atoms with Gasteiger partial charge < -0.3 is 19.3 Å². The molecule has 1 aliphatic rings. The highest BCUT2D eigenvalue weighted by Gasteiger charge is 2.39. The summed E-state index contributed by atoms with van der Waals surface area (Å²) in [4.78, 5) is 25.6. The molecule has 1 N–H and O–H groups in total. The number of hydrogen-bond acceptors (Lipinski definition) is 3. The fraction of sp³-hybridized carbons (Fsp3) is 0.412. The Morgan fingerprint density at radius 2 is 2.08 bits per heavy atom. The van der Waals surface area contributed by atoms with Crippen LogP contribution in [0.1, 0.15) is 12.1 Å². The van der Waals surface area contributed by atoms with E-state index in [0.29, 0.717) is 13.0 Å². The van der Waals surface area contributed by atoms with E-state index in [1.54, 1.807) is 0 Å². The molecule has 1 amide bonds. The SMILES string of the molecule is COC1CC(C(=O)O)N(C(=O)Cn2c(C)c(Br)c3ccccc32)C1. The van der Waals surface area contributed by atoms with Gasteiger partial charge in [0.1, 0.15) is 12.6 Å². The molecule has 0 saturated carbocycles. The average Bonchev–Trinajstić information content (AvgIpc) is 3.11. The van der Waals surface area contributed by atoms with Crippen LogP contribution in [0.5, 0.6) is 0 Å². The summed E-state index contributed by atoms with van der Waals surface area (Å²) in [5.74, 6) is -1.20. The van der Waals surface area contributed by atoms with E-state index in [1.807, 2.05) is 35.8 Å². The molecule has 24 heavy (non-hydrogen) atoms. The molecule has 2 atom stereocenters. The minimum absolute atomic E-state index is 0.109. The third-order valence-corrected chi connectivity index (χ3v) is 5.65. The number of carboxylic acids is 1. The van der Waals surface area contributed by atoms with Gasteiger partial charge >= 0.3 is 5.97 Å². The zero-order chi connectivity index (χ0) is 17.4. The lowest BCUT2D eigenvalue weighted by atomic mass is 10.2. The van der Waals surface area contributed by atoms with E-state index >= 15 is 0 Å². The number of carbonyl (C=O) groups excluding carboxylic acids is 1. The summed E-state index contributed by atoms with van der Waals surface area (Å²) in [6.45, 7) is 2.36. The summed E-state index contributed by atoms with van der Waals surface area (Å²) in [5.41, 5.74) is 1.89. The number of halogens is 1. The summed E-state index contributed by atoms with van der Waals surface area (Å²) in [5, 5.41) is 10.4. The Bertz CT molecular complexity index is 801. The van der Waals surface area contributed by atoms with Gasteiger partial charge in [-0.1, -0.05) is 18.2 Å². The van der Waals surface area contributed by atoms with Crippen molar-refractivity contribution in [1.29, 1.82) is 0 Å². The van der Waals surface area contributed by atoms with Gasteiger partial charge in [0, 0.05) is 41.1 Å². The molecule has 1 aliphatic heterocycles. The molecule has 0 aliphatic carbocycles. The van der Waals surface area contributed by atoms with E-state index in [-0.39, 0.29) is 18.6 Å². The number of carbonyl (C=O) groups is 2. The highest BCUT2D eigenvalue weighted by atomic mass is 79.9. The van der Waals surface area contributed by atoms with Gasteiger partial charge in [-0.3, -0.25) is 4.79 Å². The second-order valence-electron chi connectivity index (χ2n) is 6.00. The fourth-order valence-electron chi connectivity index (χ4n) is 3.30. The first-order valence-electron chi connectivity index (χ1n) is 7.72. The van der Waals surface area contributed by atoms with Gasteiger partial charge in [-0.25, -0.2) is 4.79 Å². The van der Waals surface area contributed by atoms with Crippen molar-refractivity contribution in [2.75, 3.05) is 13.7 Å². The summed E-state index contributed by atoms with van der Waals surface area (Å²) in [6.07, 6.45) is 0.0939. The summed E-state index contributed by atoms with van der Waals surface area (Å²) in [7, 11) is 1.54. The second-order valence-corrected chi connectivity index (χ2v) is 6.79. The Kier molecular flexibility index (Phi) is 4.64. The van der Waals surface area contributed by atoms with Gasteiger partial charge in [0.2, 0.25) is 5.91 Å². The molecule has 6 nitrogen and oxygen atoms in total. The number of ether oxygens (including phenoxy) is 1. The van der Waals surface area contributed by atoms with Gasteiger partial charge in [-0.05, 0) is 28.9 Å². The van der Waals surface area contributed by atoms with Crippen LogP contribution < -0.4 is 0 Å². The molecule has 7 heteroatoms. The predicted octanol–water partition coefficient (Wildman–Crippen LogP) is 2.41. The highest BCUT2D eigenvalue weighted by Crippen LogP contribution is 2.31. The minimum Gasteiger partial charge on any atom is -0.480 e. The average molecular weight is 395 g/mol. The molecule has 1 fully saturated rings. The smallest absolute Gasteiger partial charge is 0.326 e. The number of likely N-dealkylation sites (tertiary alicyclic amines) is 1. The Balaban J connectivity index is 1.90. The Morgan fingerprint density at radius 1 is 1.38 bits per heavy atom. The molecular formula is C17H19BrN2O4. The monoisotopic (exact) mass is 394 g/mol. The number of amides is 1. The number of hydrogen-bond donors (Lipinski definition) is 1. The van der Waals surface area contributed by atoms with Crippen molar-refractivity contribution in [3.63, 3.8) is 0 Å². The standard InChI is InChI=1S/C17H19BrN2O4/c1-10-16(18)12-5-3-4-6-13(12)19(10)9-15(21)20-8-11(24-2)7-14(20)17(22)23/h3-6,11,14H,7-9H2,1-2H3,(H,22,23). The summed E-state index contributed by atoms with van der Waals surface area (Å²) < 4.78 is 8.12. The molecule has 2 aromatic rings. The third kappa shape index (κ3) is 2.82. The highest BCUT2D eigenvalue weighted by molar-refractivity contribution is 9.10. The van der Waals surface area contributed by atoms with Crippen molar-refractivity contribution in [2.24, 2.45) is 0 Å². The molecule has 2 heterocycles. The van der Waals surface area contributed by atoms with Crippen LogP contribution in [0.4, 0.5) is 0 Å². The molecule has 1 aromatic carbocycles. The van der Waals surface area contributed by atoms with E-state index < -0.39 is 12.0 Å². The van der Waals surface area contributed by atoms with Crippen molar-refractivity contribution in [1.82, 2.24) is 9.47 Å². The van der Waals surface area contributed by atoms with Gasteiger partial charge in [-0.2, -0.15) is 0 Å². The van der Waals surface area contributed by atoms with Crippen molar-refractivity contribution < 1.29 is 19.4 Å². The molecular weight excluding hydrogens is 376 g/mol. The van der Waals surface area contributed by atoms with Crippen LogP contribution in [0, 0.1) is 6.92 Å². The van der Waals surface area contributed by atoms with Gasteiger partial charge in [0.05, 0.1) is 6.10 Å². The van der Waals surface area contributed by atoms with Crippen LogP contribution in [-0.2, 0) is 20.9 Å². The van der Waals surface area contributed by atoms with E-state index in [9.17, 15) is 14.7 Å². The lowest BCUT2D eigenvalue weighted by Gasteiger charge is -2.22. The molecule has 0 radical (unpaired) electrons. The van der Waals surface area contributed by atoms with E-state index in [2.05, 4.69) is 15.9 Å². The van der Waals surface area contributed by atoms with Crippen molar-refractivity contribution in [3.8, 4) is 0 Å². The maximum absolute atomic E-state index is 12.8. The molecule has 0 spiro atoms. The molecule has 128 valence electrons. The van der Waals surface area contributed by atoms with Crippen LogP contribution in [-0.4, -0.2) is 52.3 Å². The Hall–Kier alpha value is -1.86. The van der Waals surface area contributed by atoms with Gasteiger partial charge in [-0.15, -0.1) is 0 Å². The number of fused-ring (bicyclic) bond motifs is 1. The first kappa shape index (κ1) is 17.0. The zero-order valence-corrected chi connectivity index (χ0v) is 15.1. The minimum atomic E-state index is -0.988. The van der Waals surface area contributed by atoms with Crippen molar-refractivity contribution >= 4 is 38.7 Å². The summed E-state index contributed by atoms with van der Waals surface area (Å²) >= 11 is 3.57. The van der Waals surface area contributed by atoms with Crippen molar-refractivity contribution in [3.05, 3.63) is 34.4 Å². The Morgan fingerprint density at radius 3 is 2.75 bits per heavy atom. The van der Waals surface area contributed by atoms with E-state index in [0.717, 1.165) is 21.1 Å². The number of rotatable bonds is 4. The molecule has 3 rings (SSSR count). The van der Waals surface area contributed by atoms with Crippen LogP contribution in [0.3, 0.4) is 0 Å². The number of methoxy groups -OCH3 is 1. The maximum Gasteiger partial charge on any atom is 0.326 e. The third-order valence-electron chi connectivity index (χ3n) is 4.65. The lowest BCUT2D eigenvalue weighted by molar-refractivity contribution is -0.148. The van der Waals surface area contributed by atoms with Crippen LogP contribution in [0.25, 0.3) is 10.9 Å². The zero-order valence-electron chi connectivity index (χ0n) is 13.5. The Labute approximate surface area is 148 Å². The number of aromatic nitrogens is 1. The molecule has 2 unspecified atom stereocenters. The normalized spacial score (nSPS) is 20.7. The first-order chi connectivity index (χ1) is 11.4. The predicted molar refractivity (Wildman–Crippen MR) is 92.9 cm³/mol. The molecule has 1 aromatic heterocycles. The van der Waals surface area contributed by atoms with E-state index in [1.165, 1.54) is 12.0 Å².